The van der Waals surface area contributed by atoms with Gasteiger partial charge in [0.1, 0.15) is 0 Å². The first kappa shape index (κ1) is 18.9. The van der Waals surface area contributed by atoms with Crippen LogP contribution in [-0.2, 0) is 4.79 Å². The van der Waals surface area contributed by atoms with Gasteiger partial charge in [0.25, 0.3) is 5.91 Å². The van der Waals surface area contributed by atoms with E-state index in [1.54, 1.807) is 24.3 Å². The van der Waals surface area contributed by atoms with E-state index < -0.39 is 5.91 Å². The van der Waals surface area contributed by atoms with Crippen molar-refractivity contribution in [3.05, 3.63) is 64.7 Å². The fourth-order valence-corrected chi connectivity index (χ4v) is 3.79. The molecule has 27 heavy (non-hydrogen) atoms. The summed E-state index contributed by atoms with van der Waals surface area (Å²) in [6.45, 7) is 6.17. The highest BCUT2D eigenvalue weighted by Crippen LogP contribution is 2.27. The minimum absolute atomic E-state index is 0.190. The van der Waals surface area contributed by atoms with E-state index in [4.69, 9.17) is 10.7 Å². The maximum atomic E-state index is 12.3. The van der Waals surface area contributed by atoms with E-state index >= 15 is 0 Å². The van der Waals surface area contributed by atoms with Crippen LogP contribution in [0.25, 0.3) is 10.9 Å². The van der Waals surface area contributed by atoms with Crippen molar-refractivity contribution in [2.75, 3.05) is 11.1 Å². The number of amides is 2. The standard InChI is InChI=1S/C21H21N3O2S/c1-12-8-14(3)20-16(9-12)13(2)10-19(24-20)27-11-18(25)23-17-7-5-4-6-15(17)21(22)26/h4-10H,11H2,1-3H3,(H2,22,26)(H,23,25). The molecular weight excluding hydrogens is 358 g/mol. The van der Waals surface area contributed by atoms with Crippen molar-refractivity contribution in [3.63, 3.8) is 0 Å². The smallest absolute Gasteiger partial charge is 0.250 e. The van der Waals surface area contributed by atoms with Crippen LogP contribution in [0.2, 0.25) is 0 Å². The Kier molecular flexibility index (Phi) is 5.46. The highest BCUT2D eigenvalue weighted by Gasteiger charge is 2.12. The SMILES string of the molecule is Cc1cc(C)c2nc(SCC(=O)Nc3ccccc3C(N)=O)cc(C)c2c1. The highest BCUT2D eigenvalue weighted by atomic mass is 32.2. The molecule has 0 fully saturated rings. The molecule has 0 bridgehead atoms. The Balaban J connectivity index is 1.75. The Morgan fingerprint density at radius 2 is 1.81 bits per heavy atom. The third-order valence-corrected chi connectivity index (χ3v) is 5.16. The Labute approximate surface area is 162 Å². The summed E-state index contributed by atoms with van der Waals surface area (Å²) in [5.74, 6) is -0.597. The second-order valence-electron chi connectivity index (χ2n) is 6.50. The minimum Gasteiger partial charge on any atom is -0.366 e. The lowest BCUT2D eigenvalue weighted by Crippen LogP contribution is -2.19. The average Bonchev–Trinajstić information content (AvgIpc) is 2.61. The van der Waals surface area contributed by atoms with Gasteiger partial charge in [0.05, 0.1) is 27.5 Å². The van der Waals surface area contributed by atoms with Crippen LogP contribution in [0.5, 0.6) is 0 Å². The van der Waals surface area contributed by atoms with Crippen LogP contribution in [0, 0.1) is 20.8 Å². The fourth-order valence-electron chi connectivity index (χ4n) is 3.02. The van der Waals surface area contributed by atoms with Gasteiger partial charge in [-0.25, -0.2) is 4.98 Å². The number of nitrogens with one attached hydrogen (secondary N) is 1. The van der Waals surface area contributed by atoms with Crippen molar-refractivity contribution in [1.29, 1.82) is 0 Å². The molecule has 6 heteroatoms. The summed E-state index contributed by atoms with van der Waals surface area (Å²) < 4.78 is 0. The van der Waals surface area contributed by atoms with Gasteiger partial charge in [-0.05, 0) is 56.2 Å². The summed E-state index contributed by atoms with van der Waals surface area (Å²) in [5.41, 5.74) is 10.5. The molecule has 0 aliphatic rings. The summed E-state index contributed by atoms with van der Waals surface area (Å²) in [5, 5.41) is 4.68. The molecule has 0 aliphatic heterocycles. The molecule has 2 amide bonds. The molecule has 0 saturated carbocycles. The number of primary amides is 1. The molecule has 0 saturated heterocycles. The van der Waals surface area contributed by atoms with E-state index in [-0.39, 0.29) is 11.7 Å². The van der Waals surface area contributed by atoms with Crippen molar-refractivity contribution in [3.8, 4) is 0 Å². The number of aryl methyl sites for hydroxylation is 3. The van der Waals surface area contributed by atoms with Crippen molar-refractivity contribution < 1.29 is 9.59 Å². The zero-order chi connectivity index (χ0) is 19.6. The molecule has 138 valence electrons. The highest BCUT2D eigenvalue weighted by molar-refractivity contribution is 7.99. The van der Waals surface area contributed by atoms with Crippen molar-refractivity contribution >= 4 is 40.2 Å². The van der Waals surface area contributed by atoms with Gasteiger partial charge in [-0.1, -0.05) is 35.5 Å². The summed E-state index contributed by atoms with van der Waals surface area (Å²) in [6, 6.07) is 12.9. The molecule has 3 rings (SSSR count). The minimum atomic E-state index is -0.573. The quantitative estimate of drug-likeness (QED) is 0.657. The lowest BCUT2D eigenvalue weighted by Gasteiger charge is -2.11. The van der Waals surface area contributed by atoms with Crippen LogP contribution in [0.4, 0.5) is 5.69 Å². The molecule has 1 aromatic heterocycles. The number of hydrogen-bond donors (Lipinski definition) is 2. The first-order chi connectivity index (χ1) is 12.8. The van der Waals surface area contributed by atoms with Gasteiger partial charge in [0, 0.05) is 5.39 Å². The van der Waals surface area contributed by atoms with Crippen LogP contribution >= 0.6 is 11.8 Å². The number of nitrogens with two attached hydrogens (primary N) is 1. The number of benzene rings is 2. The van der Waals surface area contributed by atoms with E-state index in [9.17, 15) is 9.59 Å². The number of anilines is 1. The molecule has 1 heterocycles. The monoisotopic (exact) mass is 379 g/mol. The normalized spacial score (nSPS) is 10.8. The van der Waals surface area contributed by atoms with Crippen LogP contribution < -0.4 is 11.1 Å². The van der Waals surface area contributed by atoms with Crippen molar-refractivity contribution in [2.45, 2.75) is 25.8 Å². The third kappa shape index (κ3) is 4.28. The fraction of sp³-hybridized carbons (Fsp3) is 0.190. The first-order valence-corrected chi connectivity index (χ1v) is 9.54. The number of hydrogen-bond acceptors (Lipinski definition) is 4. The molecule has 0 radical (unpaired) electrons. The maximum Gasteiger partial charge on any atom is 0.250 e. The van der Waals surface area contributed by atoms with E-state index in [1.165, 1.54) is 17.3 Å². The Morgan fingerprint density at radius 1 is 1.07 bits per heavy atom. The Bertz CT molecular complexity index is 1050. The predicted molar refractivity (Wildman–Crippen MR) is 110 cm³/mol. The molecule has 3 N–H and O–H groups in total. The number of carbonyl (C=O) groups excluding carboxylic acids is 2. The molecule has 0 atom stereocenters. The van der Waals surface area contributed by atoms with Gasteiger partial charge in [0.15, 0.2) is 0 Å². The first-order valence-electron chi connectivity index (χ1n) is 8.55. The molecule has 3 aromatic rings. The Hall–Kier alpha value is -2.86. The zero-order valence-corrected chi connectivity index (χ0v) is 16.3. The van der Waals surface area contributed by atoms with Crippen LogP contribution in [-0.4, -0.2) is 22.6 Å². The maximum absolute atomic E-state index is 12.3. The number of pyridine rings is 1. The second kappa shape index (κ2) is 7.80. The predicted octanol–water partition coefficient (Wildman–Crippen LogP) is 3.99. The average molecular weight is 379 g/mol. The number of fused-ring (bicyclic) bond motifs is 1. The number of aromatic nitrogens is 1. The van der Waals surface area contributed by atoms with Gasteiger partial charge in [0.2, 0.25) is 5.91 Å². The van der Waals surface area contributed by atoms with Gasteiger partial charge >= 0.3 is 0 Å². The van der Waals surface area contributed by atoms with Crippen LogP contribution in [0.1, 0.15) is 27.0 Å². The molecule has 0 spiro atoms. The molecule has 0 unspecified atom stereocenters. The van der Waals surface area contributed by atoms with E-state index in [0.29, 0.717) is 11.3 Å². The van der Waals surface area contributed by atoms with E-state index in [2.05, 4.69) is 31.3 Å². The van der Waals surface area contributed by atoms with Gasteiger partial charge in [-0.3, -0.25) is 9.59 Å². The number of para-hydroxylation sites is 1. The second-order valence-corrected chi connectivity index (χ2v) is 7.50. The lowest BCUT2D eigenvalue weighted by molar-refractivity contribution is -0.113. The zero-order valence-electron chi connectivity index (χ0n) is 15.5. The molecule has 0 aliphatic carbocycles. The molecule has 5 nitrogen and oxygen atoms in total. The van der Waals surface area contributed by atoms with Crippen LogP contribution in [0.3, 0.4) is 0 Å². The van der Waals surface area contributed by atoms with Gasteiger partial charge in [-0.2, -0.15) is 0 Å². The number of carbonyl (C=O) groups is 2. The lowest BCUT2D eigenvalue weighted by atomic mass is 10.0. The van der Waals surface area contributed by atoms with E-state index in [0.717, 1.165) is 27.1 Å². The number of rotatable bonds is 5. The number of nitrogens with zero attached hydrogens (tertiary/aromatic N) is 1. The van der Waals surface area contributed by atoms with Crippen molar-refractivity contribution in [1.82, 2.24) is 4.98 Å². The summed E-state index contributed by atoms with van der Waals surface area (Å²) >= 11 is 1.36. The molecule has 2 aromatic carbocycles. The summed E-state index contributed by atoms with van der Waals surface area (Å²) in [6.07, 6.45) is 0. The molecular formula is C21H21N3O2S. The van der Waals surface area contributed by atoms with Crippen LogP contribution in [0.15, 0.2) is 47.5 Å². The largest absolute Gasteiger partial charge is 0.366 e. The van der Waals surface area contributed by atoms with Crippen molar-refractivity contribution in [2.24, 2.45) is 5.73 Å². The summed E-state index contributed by atoms with van der Waals surface area (Å²) in [4.78, 5) is 28.5. The van der Waals surface area contributed by atoms with Gasteiger partial charge in [-0.15, -0.1) is 0 Å². The topological polar surface area (TPSA) is 85.1 Å². The summed E-state index contributed by atoms with van der Waals surface area (Å²) in [7, 11) is 0. The third-order valence-electron chi connectivity index (χ3n) is 4.25. The number of thioether (sulfide) groups is 1. The van der Waals surface area contributed by atoms with Gasteiger partial charge < -0.3 is 11.1 Å². The van der Waals surface area contributed by atoms with E-state index in [1.807, 2.05) is 13.0 Å². The Morgan fingerprint density at radius 3 is 2.56 bits per heavy atom.